The van der Waals surface area contributed by atoms with Gasteiger partial charge in [0.25, 0.3) is 0 Å². The van der Waals surface area contributed by atoms with Gasteiger partial charge in [0.05, 0.1) is 17.7 Å². The van der Waals surface area contributed by atoms with Crippen molar-refractivity contribution in [3.05, 3.63) is 23.4 Å². The van der Waals surface area contributed by atoms with E-state index in [1.54, 1.807) is 6.07 Å². The maximum absolute atomic E-state index is 11.2. The van der Waals surface area contributed by atoms with Crippen LogP contribution in [0.3, 0.4) is 0 Å². The summed E-state index contributed by atoms with van der Waals surface area (Å²) in [5.41, 5.74) is 0.481. The molecule has 1 aromatic rings. The van der Waals surface area contributed by atoms with Crippen LogP contribution in [-0.2, 0) is 0 Å². The molecule has 0 aliphatic rings. The Morgan fingerprint density at radius 1 is 1.35 bits per heavy atom. The van der Waals surface area contributed by atoms with Crippen molar-refractivity contribution in [1.29, 1.82) is 0 Å². The van der Waals surface area contributed by atoms with Crippen molar-refractivity contribution < 1.29 is 15.0 Å². The molecule has 1 aromatic heterocycles. The average Bonchev–Trinajstić information content (AvgIpc) is 2.44. The summed E-state index contributed by atoms with van der Waals surface area (Å²) in [7, 11) is 0. The number of carbonyl (C=O) groups is 1. The van der Waals surface area contributed by atoms with Gasteiger partial charge in [0.2, 0.25) is 0 Å². The first-order valence-electron chi connectivity index (χ1n) is 7.01. The fourth-order valence-electron chi connectivity index (χ4n) is 2.00. The van der Waals surface area contributed by atoms with Crippen LogP contribution < -0.4 is 5.32 Å². The van der Waals surface area contributed by atoms with Gasteiger partial charge in [0.15, 0.2) is 0 Å². The maximum atomic E-state index is 11.2. The summed E-state index contributed by atoms with van der Waals surface area (Å²) >= 11 is 0. The van der Waals surface area contributed by atoms with Crippen molar-refractivity contribution in [2.75, 3.05) is 11.9 Å². The van der Waals surface area contributed by atoms with Gasteiger partial charge in [-0.3, -0.25) is 0 Å². The molecular formula is C15H24N2O3. The molecule has 0 saturated heterocycles. The van der Waals surface area contributed by atoms with Crippen molar-refractivity contribution in [3.8, 4) is 0 Å². The third-order valence-corrected chi connectivity index (χ3v) is 3.73. The summed E-state index contributed by atoms with van der Waals surface area (Å²) in [6, 6.07) is 3.11. The Bertz CT molecular complexity index is 460. The van der Waals surface area contributed by atoms with E-state index in [0.717, 1.165) is 18.5 Å². The second-order valence-electron chi connectivity index (χ2n) is 5.40. The first kappa shape index (κ1) is 16.4. The zero-order chi connectivity index (χ0) is 15.3. The van der Waals surface area contributed by atoms with Gasteiger partial charge in [-0.25, -0.2) is 9.78 Å². The minimum absolute atomic E-state index is 0.0179. The summed E-state index contributed by atoms with van der Waals surface area (Å²) < 4.78 is 0. The van der Waals surface area contributed by atoms with Crippen molar-refractivity contribution in [1.82, 2.24) is 4.98 Å². The number of rotatable bonds is 7. The number of aliphatic hydroxyl groups excluding tert-OH is 1. The van der Waals surface area contributed by atoms with E-state index in [0.29, 0.717) is 5.82 Å². The average molecular weight is 280 g/mol. The number of aromatic nitrogens is 1. The molecule has 0 aliphatic heterocycles. The number of carboxylic acids is 1. The molecule has 5 nitrogen and oxygen atoms in total. The molecule has 0 amide bonds. The molecular weight excluding hydrogens is 256 g/mol. The predicted molar refractivity (Wildman–Crippen MR) is 79.3 cm³/mol. The maximum Gasteiger partial charge on any atom is 0.335 e. The number of nitrogens with one attached hydrogen (secondary N) is 1. The third kappa shape index (κ3) is 3.70. The first-order chi connectivity index (χ1) is 9.37. The monoisotopic (exact) mass is 280 g/mol. The highest BCUT2D eigenvalue weighted by molar-refractivity contribution is 5.88. The van der Waals surface area contributed by atoms with Gasteiger partial charge in [-0.2, -0.15) is 0 Å². The summed E-state index contributed by atoms with van der Waals surface area (Å²) in [4.78, 5) is 15.7. The molecule has 20 heavy (non-hydrogen) atoms. The van der Waals surface area contributed by atoms with Crippen LogP contribution in [-0.4, -0.2) is 33.3 Å². The Hall–Kier alpha value is -1.62. The second kappa shape index (κ2) is 6.70. The van der Waals surface area contributed by atoms with Gasteiger partial charge >= 0.3 is 5.97 Å². The smallest absolute Gasteiger partial charge is 0.335 e. The van der Waals surface area contributed by atoms with Crippen LogP contribution >= 0.6 is 0 Å². The highest BCUT2D eigenvalue weighted by Gasteiger charge is 2.26. The van der Waals surface area contributed by atoms with Gasteiger partial charge in [-0.15, -0.1) is 0 Å². The lowest BCUT2D eigenvalue weighted by molar-refractivity contribution is 0.0696. The number of nitrogens with zero attached hydrogens (tertiary/aromatic N) is 1. The molecule has 0 radical (unpaired) electrons. The van der Waals surface area contributed by atoms with Crippen LogP contribution in [0, 0.1) is 0 Å². The van der Waals surface area contributed by atoms with Crippen LogP contribution in [0.5, 0.6) is 0 Å². The van der Waals surface area contributed by atoms with Crippen molar-refractivity contribution in [2.24, 2.45) is 0 Å². The van der Waals surface area contributed by atoms with Crippen LogP contribution in [0.1, 0.15) is 62.5 Å². The number of aromatic carboxylic acids is 1. The molecule has 1 heterocycles. The number of hydrogen-bond donors (Lipinski definition) is 3. The lowest BCUT2D eigenvalue weighted by Crippen LogP contribution is -2.41. The summed E-state index contributed by atoms with van der Waals surface area (Å²) in [6.07, 6.45) is 1.46. The van der Waals surface area contributed by atoms with Crippen LogP contribution in [0.4, 0.5) is 5.82 Å². The third-order valence-electron chi connectivity index (χ3n) is 3.73. The quantitative estimate of drug-likeness (QED) is 0.715. The fraction of sp³-hybridized carbons (Fsp3) is 0.600. The molecule has 0 aromatic carbocycles. The fourth-order valence-corrected chi connectivity index (χ4v) is 2.00. The molecule has 0 saturated carbocycles. The molecule has 0 unspecified atom stereocenters. The van der Waals surface area contributed by atoms with Crippen molar-refractivity contribution >= 4 is 11.8 Å². The molecule has 0 aliphatic carbocycles. The van der Waals surface area contributed by atoms with Gasteiger partial charge < -0.3 is 15.5 Å². The van der Waals surface area contributed by atoms with E-state index in [1.165, 1.54) is 6.07 Å². The van der Waals surface area contributed by atoms with E-state index in [2.05, 4.69) is 10.3 Å². The Balaban J connectivity index is 3.20. The molecule has 0 atom stereocenters. The molecule has 3 N–H and O–H groups in total. The molecule has 0 bridgehead atoms. The second-order valence-corrected chi connectivity index (χ2v) is 5.40. The SMILES string of the molecule is CCC(CC)(CO)Nc1cc(C(=O)O)cc(C(C)C)n1. The van der Waals surface area contributed by atoms with Crippen LogP contribution in [0.15, 0.2) is 12.1 Å². The van der Waals surface area contributed by atoms with Crippen LogP contribution in [0.25, 0.3) is 0 Å². The normalized spacial score (nSPS) is 11.7. The van der Waals surface area contributed by atoms with E-state index in [-0.39, 0.29) is 18.1 Å². The lowest BCUT2D eigenvalue weighted by Gasteiger charge is -2.31. The molecule has 5 heteroatoms. The largest absolute Gasteiger partial charge is 0.478 e. The minimum Gasteiger partial charge on any atom is -0.478 e. The van der Waals surface area contributed by atoms with Crippen LogP contribution in [0.2, 0.25) is 0 Å². The highest BCUT2D eigenvalue weighted by atomic mass is 16.4. The van der Waals surface area contributed by atoms with Crippen molar-refractivity contribution in [3.63, 3.8) is 0 Å². The summed E-state index contributed by atoms with van der Waals surface area (Å²) in [5.74, 6) is -0.326. The molecule has 1 rings (SSSR count). The summed E-state index contributed by atoms with van der Waals surface area (Å²) in [6.45, 7) is 7.89. The number of carboxylic acid groups (broad SMARTS) is 1. The van der Waals surface area contributed by atoms with Gasteiger partial charge in [-0.1, -0.05) is 27.7 Å². The zero-order valence-electron chi connectivity index (χ0n) is 12.6. The standard InChI is InChI=1S/C15H24N2O3/c1-5-15(6-2,9-18)17-13-8-11(14(19)20)7-12(16-13)10(3)4/h7-8,10,18H,5-6,9H2,1-4H3,(H,16,17)(H,19,20). The first-order valence-corrected chi connectivity index (χ1v) is 7.01. The Kier molecular flexibility index (Phi) is 5.51. The zero-order valence-corrected chi connectivity index (χ0v) is 12.6. The van der Waals surface area contributed by atoms with Gasteiger partial charge in [0.1, 0.15) is 5.82 Å². The number of aliphatic hydroxyl groups is 1. The van der Waals surface area contributed by atoms with E-state index in [1.807, 2.05) is 27.7 Å². The molecule has 0 fully saturated rings. The summed E-state index contributed by atoms with van der Waals surface area (Å²) in [5, 5.41) is 22.0. The van der Waals surface area contributed by atoms with E-state index in [4.69, 9.17) is 0 Å². The molecule has 112 valence electrons. The van der Waals surface area contributed by atoms with Crippen molar-refractivity contribution in [2.45, 2.75) is 52.0 Å². The van der Waals surface area contributed by atoms with Gasteiger partial charge in [-0.05, 0) is 30.9 Å². The van der Waals surface area contributed by atoms with E-state index in [9.17, 15) is 15.0 Å². The Labute approximate surface area is 120 Å². The highest BCUT2D eigenvalue weighted by Crippen LogP contribution is 2.24. The Morgan fingerprint density at radius 2 is 1.95 bits per heavy atom. The number of anilines is 1. The predicted octanol–water partition coefficient (Wildman–Crippen LogP) is 2.87. The topological polar surface area (TPSA) is 82.5 Å². The van der Waals surface area contributed by atoms with E-state index < -0.39 is 11.5 Å². The van der Waals surface area contributed by atoms with E-state index >= 15 is 0 Å². The number of pyridine rings is 1. The lowest BCUT2D eigenvalue weighted by atomic mass is 9.94. The van der Waals surface area contributed by atoms with Gasteiger partial charge in [0, 0.05) is 5.69 Å². The molecule has 0 spiro atoms. The Morgan fingerprint density at radius 3 is 2.35 bits per heavy atom. The number of hydrogen-bond acceptors (Lipinski definition) is 4. The minimum atomic E-state index is -0.972.